The van der Waals surface area contributed by atoms with Crippen LogP contribution in [0, 0.1) is 0 Å². The molecule has 0 spiro atoms. The topological polar surface area (TPSA) is 61.8 Å². The van der Waals surface area contributed by atoms with E-state index in [4.69, 9.17) is 18.9 Å². The molecule has 0 saturated carbocycles. The van der Waals surface area contributed by atoms with Gasteiger partial charge < -0.3 is 24.3 Å². The predicted molar refractivity (Wildman–Crippen MR) is 96.6 cm³/mol. The van der Waals surface area contributed by atoms with Crippen LogP contribution in [0.3, 0.4) is 0 Å². The van der Waals surface area contributed by atoms with Gasteiger partial charge in [0.05, 0.1) is 27.4 Å². The number of hydrogen-bond donors (Lipinski definition) is 1. The van der Waals surface area contributed by atoms with E-state index in [1.54, 1.807) is 27.5 Å². The van der Waals surface area contributed by atoms with Crippen LogP contribution in [0.2, 0.25) is 0 Å². The van der Waals surface area contributed by atoms with Crippen molar-refractivity contribution >= 4 is 0 Å². The van der Waals surface area contributed by atoms with E-state index in [9.17, 15) is 0 Å². The molecule has 0 radical (unpaired) electrons. The minimum atomic E-state index is 0.0868. The molecule has 2 rings (SSSR count). The second-order valence-corrected chi connectivity index (χ2v) is 5.77. The molecule has 0 fully saturated rings. The van der Waals surface area contributed by atoms with Crippen LogP contribution in [0.4, 0.5) is 0 Å². The molecule has 0 unspecified atom stereocenters. The molecule has 0 aliphatic carbocycles. The lowest BCUT2D eigenvalue weighted by atomic mass is 10.1. The summed E-state index contributed by atoms with van der Waals surface area (Å²) in [5.74, 6) is 2.54. The molecule has 0 aliphatic heterocycles. The van der Waals surface area contributed by atoms with Gasteiger partial charge in [0.25, 0.3) is 0 Å². The Bertz CT molecular complexity index is 664. The summed E-state index contributed by atoms with van der Waals surface area (Å²) in [6, 6.07) is 7.78. The zero-order chi connectivity index (χ0) is 18.2. The highest BCUT2D eigenvalue weighted by atomic mass is 16.5. The van der Waals surface area contributed by atoms with Gasteiger partial charge in [-0.3, -0.25) is 0 Å². The van der Waals surface area contributed by atoms with Crippen molar-refractivity contribution in [3.63, 3.8) is 0 Å². The lowest BCUT2D eigenvalue weighted by molar-refractivity contribution is 0.229. The third-order valence-corrected chi connectivity index (χ3v) is 3.57. The van der Waals surface area contributed by atoms with Crippen LogP contribution in [-0.2, 0) is 13.1 Å². The van der Waals surface area contributed by atoms with Gasteiger partial charge in [-0.2, -0.15) is 0 Å². The fraction of sp³-hybridized carbons (Fsp3) is 0.421. The van der Waals surface area contributed by atoms with E-state index in [-0.39, 0.29) is 6.10 Å². The van der Waals surface area contributed by atoms with Crippen LogP contribution in [0.1, 0.15) is 25.0 Å². The van der Waals surface area contributed by atoms with Crippen molar-refractivity contribution < 1.29 is 18.9 Å². The van der Waals surface area contributed by atoms with Crippen molar-refractivity contribution in [1.82, 2.24) is 10.3 Å². The highest BCUT2D eigenvalue weighted by Crippen LogP contribution is 2.38. The molecule has 1 aromatic carbocycles. The molecule has 1 N–H and O–H groups in total. The summed E-state index contributed by atoms with van der Waals surface area (Å²) in [5, 5.41) is 3.40. The Balaban J connectivity index is 2.07. The number of nitrogens with one attached hydrogen (secondary N) is 1. The highest BCUT2D eigenvalue weighted by molar-refractivity contribution is 5.53. The van der Waals surface area contributed by atoms with Crippen molar-refractivity contribution in [1.29, 1.82) is 0 Å². The van der Waals surface area contributed by atoms with Gasteiger partial charge in [-0.25, -0.2) is 4.98 Å². The van der Waals surface area contributed by atoms with Crippen LogP contribution >= 0.6 is 0 Å². The van der Waals surface area contributed by atoms with E-state index < -0.39 is 0 Å². The van der Waals surface area contributed by atoms with Crippen LogP contribution in [-0.4, -0.2) is 32.4 Å². The van der Waals surface area contributed by atoms with E-state index in [2.05, 4.69) is 10.3 Å². The number of methoxy groups -OCH3 is 3. The van der Waals surface area contributed by atoms with E-state index in [0.29, 0.717) is 36.2 Å². The summed E-state index contributed by atoms with van der Waals surface area (Å²) in [6.45, 7) is 5.27. The summed E-state index contributed by atoms with van der Waals surface area (Å²) < 4.78 is 21.9. The maximum absolute atomic E-state index is 5.74. The van der Waals surface area contributed by atoms with E-state index in [1.165, 1.54) is 0 Å². The van der Waals surface area contributed by atoms with Crippen LogP contribution in [0.25, 0.3) is 0 Å². The van der Waals surface area contributed by atoms with Crippen molar-refractivity contribution in [2.24, 2.45) is 0 Å². The molecule has 1 heterocycles. The highest BCUT2D eigenvalue weighted by Gasteiger charge is 2.13. The molecule has 0 bridgehead atoms. The number of nitrogens with zero attached hydrogens (tertiary/aromatic N) is 1. The number of aromatic nitrogens is 1. The van der Waals surface area contributed by atoms with Crippen LogP contribution in [0.15, 0.2) is 30.5 Å². The number of ether oxygens (including phenoxy) is 4. The van der Waals surface area contributed by atoms with Gasteiger partial charge in [-0.15, -0.1) is 0 Å². The molecule has 1 aromatic heterocycles. The summed E-state index contributed by atoms with van der Waals surface area (Å²) in [6.07, 6.45) is 1.82. The zero-order valence-corrected chi connectivity index (χ0v) is 15.5. The molecule has 0 atom stereocenters. The van der Waals surface area contributed by atoms with Crippen molar-refractivity contribution in [3.8, 4) is 23.1 Å². The molecule has 2 aromatic rings. The smallest absolute Gasteiger partial charge is 0.218 e. The monoisotopic (exact) mass is 346 g/mol. The van der Waals surface area contributed by atoms with Crippen LogP contribution in [0.5, 0.6) is 23.1 Å². The number of hydrogen-bond acceptors (Lipinski definition) is 6. The standard InChI is InChI=1S/C19H26N2O4/c1-13(2)25-19-15(7-6-8-21-19)12-20-11-14-9-16(22-3)18(24-5)17(10-14)23-4/h6-10,13,20H,11-12H2,1-5H3. The maximum atomic E-state index is 5.74. The number of benzene rings is 1. The lowest BCUT2D eigenvalue weighted by Gasteiger charge is -2.15. The van der Waals surface area contributed by atoms with Gasteiger partial charge in [0.2, 0.25) is 11.6 Å². The fourth-order valence-corrected chi connectivity index (χ4v) is 2.47. The average Bonchev–Trinajstić information content (AvgIpc) is 2.61. The fourth-order valence-electron chi connectivity index (χ4n) is 2.47. The lowest BCUT2D eigenvalue weighted by Crippen LogP contribution is -2.16. The molecule has 6 nitrogen and oxygen atoms in total. The average molecular weight is 346 g/mol. The van der Waals surface area contributed by atoms with Crippen molar-refractivity contribution in [2.75, 3.05) is 21.3 Å². The summed E-state index contributed by atoms with van der Waals surface area (Å²) in [7, 11) is 4.82. The van der Waals surface area contributed by atoms with E-state index in [1.807, 2.05) is 38.1 Å². The van der Waals surface area contributed by atoms with Crippen molar-refractivity contribution in [3.05, 3.63) is 41.6 Å². The molecule has 136 valence electrons. The predicted octanol–water partition coefficient (Wildman–Crippen LogP) is 3.18. The van der Waals surface area contributed by atoms with Crippen molar-refractivity contribution in [2.45, 2.75) is 33.0 Å². The molecule has 25 heavy (non-hydrogen) atoms. The zero-order valence-electron chi connectivity index (χ0n) is 15.5. The summed E-state index contributed by atoms with van der Waals surface area (Å²) in [5.41, 5.74) is 2.05. The summed E-state index contributed by atoms with van der Waals surface area (Å²) in [4.78, 5) is 4.30. The number of rotatable bonds is 9. The van der Waals surface area contributed by atoms with Gasteiger partial charge in [0.15, 0.2) is 11.5 Å². The Morgan fingerprint density at radius 3 is 2.24 bits per heavy atom. The first-order chi connectivity index (χ1) is 12.1. The van der Waals surface area contributed by atoms with Gasteiger partial charge >= 0.3 is 0 Å². The molecule has 0 amide bonds. The summed E-state index contributed by atoms with van der Waals surface area (Å²) >= 11 is 0. The van der Waals surface area contributed by atoms with Crippen LogP contribution < -0.4 is 24.3 Å². The second-order valence-electron chi connectivity index (χ2n) is 5.77. The Labute approximate surface area is 149 Å². The maximum Gasteiger partial charge on any atom is 0.218 e. The Hall–Kier alpha value is -2.47. The normalized spacial score (nSPS) is 10.6. The van der Waals surface area contributed by atoms with Gasteiger partial charge in [0.1, 0.15) is 0 Å². The third kappa shape index (κ3) is 5.00. The minimum absolute atomic E-state index is 0.0868. The first-order valence-electron chi connectivity index (χ1n) is 8.19. The largest absolute Gasteiger partial charge is 0.493 e. The minimum Gasteiger partial charge on any atom is -0.493 e. The molecular weight excluding hydrogens is 320 g/mol. The van der Waals surface area contributed by atoms with Gasteiger partial charge in [-0.05, 0) is 37.6 Å². The van der Waals surface area contributed by atoms with E-state index in [0.717, 1.165) is 11.1 Å². The van der Waals surface area contributed by atoms with Gasteiger partial charge in [-0.1, -0.05) is 6.07 Å². The third-order valence-electron chi connectivity index (χ3n) is 3.57. The SMILES string of the molecule is COc1cc(CNCc2cccnc2OC(C)C)cc(OC)c1OC. The van der Waals surface area contributed by atoms with E-state index >= 15 is 0 Å². The quantitative estimate of drug-likeness (QED) is 0.752. The molecule has 6 heteroatoms. The molecular formula is C19H26N2O4. The first-order valence-corrected chi connectivity index (χ1v) is 8.19. The first kappa shape index (κ1) is 18.9. The Morgan fingerprint density at radius 2 is 1.68 bits per heavy atom. The molecule has 0 aliphatic rings. The Kier molecular flexibility index (Phi) is 6.89. The Morgan fingerprint density at radius 1 is 1.00 bits per heavy atom. The number of pyridine rings is 1. The molecule has 0 saturated heterocycles. The van der Waals surface area contributed by atoms with Gasteiger partial charge in [0, 0.05) is 24.8 Å². The second kappa shape index (κ2) is 9.13.